The average Bonchev–Trinajstić information content (AvgIpc) is 3.50. The summed E-state index contributed by atoms with van der Waals surface area (Å²) in [5.74, 6) is 1.54. The lowest BCUT2D eigenvalue weighted by Crippen LogP contribution is -2.42. The highest BCUT2D eigenvalue weighted by Crippen LogP contribution is 2.37. The summed E-state index contributed by atoms with van der Waals surface area (Å²) in [6.07, 6.45) is 4.23. The molecule has 3 atom stereocenters. The third-order valence-corrected chi connectivity index (χ3v) is 5.97. The number of para-hydroxylation sites is 2. The minimum atomic E-state index is -0.197. The lowest BCUT2D eigenvalue weighted by molar-refractivity contribution is 0.0924. The molecule has 2 aromatic carbocycles. The lowest BCUT2D eigenvalue weighted by Gasteiger charge is -2.21. The van der Waals surface area contributed by atoms with Gasteiger partial charge in [0.15, 0.2) is 6.19 Å². The second-order valence-electron chi connectivity index (χ2n) is 7.73. The number of aromatic nitrogens is 2. The van der Waals surface area contributed by atoms with Gasteiger partial charge in [0.2, 0.25) is 0 Å². The summed E-state index contributed by atoms with van der Waals surface area (Å²) in [5, 5.41) is 19.5. The van der Waals surface area contributed by atoms with E-state index in [2.05, 4.69) is 21.7 Å². The molecule has 0 radical (unpaired) electrons. The van der Waals surface area contributed by atoms with Crippen LogP contribution in [0.5, 0.6) is 11.5 Å². The van der Waals surface area contributed by atoms with Crippen molar-refractivity contribution >= 4 is 5.91 Å². The Balaban J connectivity index is 1.34. The summed E-state index contributed by atoms with van der Waals surface area (Å²) in [4.78, 5) is 14.6. The molecule has 1 aromatic heterocycles. The third kappa shape index (κ3) is 3.26. The van der Waals surface area contributed by atoms with Crippen LogP contribution in [0.4, 0.5) is 0 Å². The maximum Gasteiger partial charge on any atom is 0.269 e. The number of ether oxygens (including phenoxy) is 1. The highest BCUT2D eigenvalue weighted by atomic mass is 16.5. The third-order valence-electron chi connectivity index (χ3n) is 5.97. The van der Waals surface area contributed by atoms with Crippen molar-refractivity contribution in [2.45, 2.75) is 24.9 Å². The normalized spacial score (nSPS) is 22.0. The Bertz CT molecular complexity index is 1100. The van der Waals surface area contributed by atoms with E-state index in [1.165, 1.54) is 0 Å². The zero-order valence-corrected chi connectivity index (χ0v) is 16.3. The molecule has 3 aromatic rings. The number of likely N-dealkylation sites (tertiary alicyclic amines) is 1. The van der Waals surface area contributed by atoms with Gasteiger partial charge in [-0.05, 0) is 49.1 Å². The van der Waals surface area contributed by atoms with E-state index >= 15 is 0 Å². The average molecular weight is 399 g/mol. The predicted molar refractivity (Wildman–Crippen MR) is 111 cm³/mol. The van der Waals surface area contributed by atoms with Crippen LogP contribution in [0.3, 0.4) is 0 Å². The number of amides is 1. The Morgan fingerprint density at radius 1 is 1.17 bits per heavy atom. The van der Waals surface area contributed by atoms with Gasteiger partial charge < -0.3 is 15.0 Å². The number of carbonyl (C=O) groups excluding carboxylic acids is 1. The van der Waals surface area contributed by atoms with Crippen molar-refractivity contribution in [1.29, 1.82) is 5.26 Å². The van der Waals surface area contributed by atoms with Crippen LogP contribution in [0.15, 0.2) is 60.7 Å². The summed E-state index contributed by atoms with van der Waals surface area (Å²) >= 11 is 0. The quantitative estimate of drug-likeness (QED) is 0.640. The van der Waals surface area contributed by atoms with Gasteiger partial charge in [0.25, 0.3) is 5.91 Å². The van der Waals surface area contributed by atoms with Crippen molar-refractivity contribution in [3.05, 3.63) is 66.4 Å². The van der Waals surface area contributed by atoms with Gasteiger partial charge in [-0.2, -0.15) is 10.4 Å². The minimum absolute atomic E-state index is 0.0117. The maximum atomic E-state index is 12.8. The lowest BCUT2D eigenvalue weighted by atomic mass is 10.1. The molecule has 2 heterocycles. The highest BCUT2D eigenvalue weighted by molar-refractivity contribution is 5.94. The summed E-state index contributed by atoms with van der Waals surface area (Å²) < 4.78 is 6.01. The molecule has 2 N–H and O–H groups in total. The van der Waals surface area contributed by atoms with Crippen molar-refractivity contribution < 1.29 is 9.53 Å². The molecule has 0 spiro atoms. The van der Waals surface area contributed by atoms with E-state index in [4.69, 9.17) is 4.74 Å². The van der Waals surface area contributed by atoms with Crippen LogP contribution in [0, 0.1) is 17.4 Å². The number of nitriles is 1. The molecule has 1 saturated carbocycles. The number of benzene rings is 2. The second-order valence-corrected chi connectivity index (χ2v) is 7.73. The van der Waals surface area contributed by atoms with Crippen molar-refractivity contribution in [2.24, 2.45) is 5.92 Å². The first-order chi connectivity index (χ1) is 14.7. The Labute approximate surface area is 174 Å². The van der Waals surface area contributed by atoms with E-state index in [1.54, 1.807) is 11.0 Å². The minimum Gasteiger partial charge on any atom is -0.457 e. The zero-order valence-electron chi connectivity index (χ0n) is 16.3. The molecule has 7 heteroatoms. The van der Waals surface area contributed by atoms with E-state index in [1.807, 2.05) is 54.6 Å². The summed E-state index contributed by atoms with van der Waals surface area (Å²) in [6, 6.07) is 19.0. The molecular weight excluding hydrogens is 378 g/mol. The van der Waals surface area contributed by atoms with Gasteiger partial charge in [-0.25, -0.2) is 0 Å². The number of nitrogens with one attached hydrogen (secondary N) is 2. The van der Waals surface area contributed by atoms with Crippen LogP contribution in [-0.2, 0) is 0 Å². The number of hydrogen-bond donors (Lipinski definition) is 2. The molecule has 30 heavy (non-hydrogen) atoms. The molecular formula is C23H21N5O2. The monoisotopic (exact) mass is 399 g/mol. The number of nitrogens with zero attached hydrogens (tertiary/aromatic N) is 3. The SMILES string of the molecule is N#CN1CC2CCC1C2NC(=O)c1cc(-c2ccccc2Oc2ccccc2)n[nH]1. The fraction of sp³-hybridized carbons (Fsp3) is 0.261. The molecule has 2 aliphatic rings. The van der Waals surface area contributed by atoms with Crippen LogP contribution >= 0.6 is 0 Å². The molecule has 1 saturated heterocycles. The second kappa shape index (κ2) is 7.56. The Morgan fingerprint density at radius 2 is 1.97 bits per heavy atom. The van der Waals surface area contributed by atoms with E-state index in [9.17, 15) is 10.1 Å². The van der Waals surface area contributed by atoms with Crippen molar-refractivity contribution in [1.82, 2.24) is 20.4 Å². The molecule has 2 bridgehead atoms. The number of piperidine rings is 1. The molecule has 2 fully saturated rings. The number of rotatable bonds is 5. The topological polar surface area (TPSA) is 94.0 Å². The number of H-pyrrole nitrogens is 1. The van der Waals surface area contributed by atoms with Crippen LogP contribution < -0.4 is 10.1 Å². The van der Waals surface area contributed by atoms with E-state index in [0.717, 1.165) is 30.7 Å². The maximum absolute atomic E-state index is 12.8. The van der Waals surface area contributed by atoms with E-state index < -0.39 is 0 Å². The van der Waals surface area contributed by atoms with Gasteiger partial charge in [0.05, 0.1) is 17.8 Å². The highest BCUT2D eigenvalue weighted by Gasteiger charge is 2.47. The van der Waals surface area contributed by atoms with Crippen molar-refractivity contribution in [2.75, 3.05) is 6.54 Å². The van der Waals surface area contributed by atoms with Gasteiger partial charge in [-0.1, -0.05) is 30.3 Å². The zero-order chi connectivity index (χ0) is 20.5. The smallest absolute Gasteiger partial charge is 0.269 e. The first-order valence-electron chi connectivity index (χ1n) is 10.1. The Hall–Kier alpha value is -3.79. The molecule has 150 valence electrons. The van der Waals surface area contributed by atoms with E-state index in [-0.39, 0.29) is 18.0 Å². The van der Waals surface area contributed by atoms with Crippen molar-refractivity contribution in [3.8, 4) is 28.9 Å². The Morgan fingerprint density at radius 3 is 2.77 bits per heavy atom. The number of fused-ring (bicyclic) bond motifs is 2. The van der Waals surface area contributed by atoms with Crippen LogP contribution in [-0.4, -0.2) is 39.6 Å². The fourth-order valence-corrected chi connectivity index (χ4v) is 4.52. The predicted octanol–water partition coefficient (Wildman–Crippen LogP) is 3.54. The molecule has 1 aliphatic carbocycles. The van der Waals surface area contributed by atoms with Gasteiger partial charge in [-0.3, -0.25) is 9.89 Å². The summed E-state index contributed by atoms with van der Waals surface area (Å²) in [6.45, 7) is 0.727. The fourth-order valence-electron chi connectivity index (χ4n) is 4.52. The molecule has 1 aliphatic heterocycles. The first-order valence-corrected chi connectivity index (χ1v) is 10.1. The molecule has 5 rings (SSSR count). The molecule has 3 unspecified atom stereocenters. The first kappa shape index (κ1) is 18.3. The van der Waals surface area contributed by atoms with Crippen LogP contribution in [0.2, 0.25) is 0 Å². The number of carbonyl (C=O) groups is 1. The summed E-state index contributed by atoms with van der Waals surface area (Å²) in [7, 11) is 0. The van der Waals surface area contributed by atoms with Gasteiger partial charge >= 0.3 is 0 Å². The van der Waals surface area contributed by atoms with Gasteiger partial charge in [-0.15, -0.1) is 0 Å². The van der Waals surface area contributed by atoms with E-state index in [0.29, 0.717) is 23.1 Å². The van der Waals surface area contributed by atoms with Gasteiger partial charge in [0.1, 0.15) is 17.2 Å². The van der Waals surface area contributed by atoms with Crippen LogP contribution in [0.25, 0.3) is 11.3 Å². The summed E-state index contributed by atoms with van der Waals surface area (Å²) in [5.41, 5.74) is 1.84. The van der Waals surface area contributed by atoms with Crippen LogP contribution in [0.1, 0.15) is 23.3 Å². The molecule has 1 amide bonds. The Kier molecular flexibility index (Phi) is 4.60. The number of aromatic amines is 1. The molecule has 7 nitrogen and oxygen atoms in total. The van der Waals surface area contributed by atoms with Gasteiger partial charge in [0, 0.05) is 12.1 Å². The standard InChI is InChI=1S/C23H21N5O2/c24-14-28-13-15-10-11-20(28)22(15)25-23(29)19-12-18(26-27-19)17-8-4-5-9-21(17)30-16-6-2-1-3-7-16/h1-9,12,15,20,22H,10-11,13H2,(H,25,29)(H,26,27). The largest absolute Gasteiger partial charge is 0.457 e. The van der Waals surface area contributed by atoms with Crippen molar-refractivity contribution in [3.63, 3.8) is 0 Å². The number of hydrogen-bond acceptors (Lipinski definition) is 5.